The van der Waals surface area contributed by atoms with E-state index in [1.165, 1.54) is 18.3 Å². The summed E-state index contributed by atoms with van der Waals surface area (Å²) in [4.78, 5) is 41.9. The summed E-state index contributed by atoms with van der Waals surface area (Å²) >= 11 is 1.51. The molecule has 35 heavy (non-hydrogen) atoms. The molecule has 1 aromatic heterocycles. The molecule has 1 unspecified atom stereocenters. The van der Waals surface area contributed by atoms with E-state index in [1.54, 1.807) is 48.4 Å². The molecule has 1 aliphatic carbocycles. The van der Waals surface area contributed by atoms with Crippen molar-refractivity contribution in [3.05, 3.63) is 82.0 Å². The Bertz CT molecular complexity index is 1150. The Morgan fingerprint density at radius 1 is 1.03 bits per heavy atom. The van der Waals surface area contributed by atoms with Gasteiger partial charge in [0.15, 0.2) is 5.78 Å². The predicted octanol–water partition coefficient (Wildman–Crippen LogP) is 5.34. The molecule has 4 rings (SSSR count). The summed E-state index contributed by atoms with van der Waals surface area (Å²) in [5, 5.41) is 5.12. The number of thiophene rings is 1. The highest BCUT2D eigenvalue weighted by atomic mass is 32.1. The van der Waals surface area contributed by atoms with Gasteiger partial charge < -0.3 is 10.1 Å². The van der Waals surface area contributed by atoms with Crippen LogP contribution >= 0.6 is 11.3 Å². The molecule has 1 N–H and O–H groups in total. The Hall–Kier alpha value is -3.45. The largest absolute Gasteiger partial charge is 0.497 e. The summed E-state index contributed by atoms with van der Waals surface area (Å²) in [6.45, 7) is 1.50. The number of anilines is 1. The van der Waals surface area contributed by atoms with Crippen molar-refractivity contribution in [2.75, 3.05) is 12.0 Å². The van der Waals surface area contributed by atoms with Gasteiger partial charge in [-0.25, -0.2) is 0 Å². The Morgan fingerprint density at radius 2 is 1.71 bits per heavy atom. The Morgan fingerprint density at radius 3 is 2.29 bits per heavy atom. The Kier molecular flexibility index (Phi) is 7.98. The lowest BCUT2D eigenvalue weighted by Crippen LogP contribution is -2.46. The maximum atomic E-state index is 13.8. The first kappa shape index (κ1) is 24.7. The molecule has 0 spiro atoms. The minimum atomic E-state index is -0.864. The number of Topliss-reactive ketones (excluding diaryl/α,β-unsaturated/α-hetero) is 1. The smallest absolute Gasteiger partial charge is 0.248 e. The van der Waals surface area contributed by atoms with Crippen molar-refractivity contribution >= 4 is 34.6 Å². The molecule has 1 atom stereocenters. The summed E-state index contributed by atoms with van der Waals surface area (Å²) in [6, 6.07) is 17.2. The topological polar surface area (TPSA) is 75.7 Å². The fourth-order valence-corrected chi connectivity index (χ4v) is 5.19. The molecule has 3 aromatic rings. The van der Waals surface area contributed by atoms with Crippen molar-refractivity contribution in [1.29, 1.82) is 0 Å². The standard InChI is InChI=1S/C28H30N2O4S/c1-19(31)20-9-13-23(14-10-20)30(26(32)18-25-8-5-17-35-25)27(21-11-15-24(34-2)16-12-21)28(33)29-22-6-3-4-7-22/h5,8-17,22,27H,3-4,6-7,18H2,1-2H3,(H,29,33). The molecule has 1 heterocycles. The van der Waals surface area contributed by atoms with Gasteiger partial charge in [0.2, 0.25) is 11.8 Å². The quantitative estimate of drug-likeness (QED) is 0.411. The van der Waals surface area contributed by atoms with Gasteiger partial charge in [-0.3, -0.25) is 19.3 Å². The fraction of sp³-hybridized carbons (Fsp3) is 0.321. The van der Waals surface area contributed by atoms with Gasteiger partial charge in [-0.05, 0) is 73.2 Å². The van der Waals surface area contributed by atoms with Crippen LogP contribution in [0, 0.1) is 0 Å². The van der Waals surface area contributed by atoms with E-state index in [1.807, 2.05) is 29.6 Å². The van der Waals surface area contributed by atoms with Crippen LogP contribution in [0.2, 0.25) is 0 Å². The molecule has 0 radical (unpaired) electrons. The third kappa shape index (κ3) is 5.98. The van der Waals surface area contributed by atoms with Gasteiger partial charge in [0, 0.05) is 22.2 Å². The van der Waals surface area contributed by atoms with Crippen LogP contribution in [-0.4, -0.2) is 30.7 Å². The van der Waals surface area contributed by atoms with Gasteiger partial charge in [0.1, 0.15) is 11.8 Å². The summed E-state index contributed by atoms with van der Waals surface area (Å²) < 4.78 is 5.30. The van der Waals surface area contributed by atoms with E-state index in [9.17, 15) is 14.4 Å². The normalized spacial score (nSPS) is 14.3. The summed E-state index contributed by atoms with van der Waals surface area (Å²) in [5.74, 6) is 0.215. The third-order valence-corrected chi connectivity index (χ3v) is 7.24. The number of amides is 2. The molecule has 0 saturated heterocycles. The number of hydrogen-bond acceptors (Lipinski definition) is 5. The second-order valence-corrected chi connectivity index (χ2v) is 9.82. The van der Waals surface area contributed by atoms with E-state index in [4.69, 9.17) is 4.74 Å². The zero-order valence-electron chi connectivity index (χ0n) is 20.0. The monoisotopic (exact) mass is 490 g/mol. The first-order valence-electron chi connectivity index (χ1n) is 11.9. The number of hydrogen-bond donors (Lipinski definition) is 1. The average Bonchev–Trinajstić information content (AvgIpc) is 3.57. The van der Waals surface area contributed by atoms with Crippen LogP contribution in [0.25, 0.3) is 0 Å². The molecule has 182 valence electrons. The molecule has 0 bridgehead atoms. The average molecular weight is 491 g/mol. The molecule has 2 aromatic carbocycles. The second-order valence-electron chi connectivity index (χ2n) is 8.79. The van der Waals surface area contributed by atoms with E-state index >= 15 is 0 Å². The first-order chi connectivity index (χ1) is 17.0. The van der Waals surface area contributed by atoms with Gasteiger partial charge in [0.25, 0.3) is 0 Å². The summed E-state index contributed by atoms with van der Waals surface area (Å²) in [6.07, 6.45) is 4.24. The zero-order chi connectivity index (χ0) is 24.8. The summed E-state index contributed by atoms with van der Waals surface area (Å²) in [5.41, 5.74) is 1.81. The van der Waals surface area contributed by atoms with Gasteiger partial charge in [0.05, 0.1) is 13.5 Å². The SMILES string of the molecule is COc1ccc(C(C(=O)NC2CCCC2)N(C(=O)Cc2cccs2)c2ccc(C(C)=O)cc2)cc1. The van der Waals surface area contributed by atoms with Gasteiger partial charge in [-0.1, -0.05) is 31.0 Å². The van der Waals surface area contributed by atoms with E-state index in [0.717, 1.165) is 30.6 Å². The maximum Gasteiger partial charge on any atom is 0.248 e. The number of rotatable bonds is 9. The van der Waals surface area contributed by atoms with E-state index in [0.29, 0.717) is 22.6 Å². The lowest BCUT2D eigenvalue weighted by atomic mass is 10.0. The van der Waals surface area contributed by atoms with E-state index < -0.39 is 6.04 Å². The zero-order valence-corrected chi connectivity index (χ0v) is 20.8. The van der Waals surface area contributed by atoms with Crippen LogP contribution in [0.15, 0.2) is 66.0 Å². The maximum absolute atomic E-state index is 13.8. The van der Waals surface area contributed by atoms with Gasteiger partial charge in [-0.15, -0.1) is 11.3 Å². The highest BCUT2D eigenvalue weighted by molar-refractivity contribution is 7.10. The van der Waals surface area contributed by atoms with Crippen LogP contribution in [0.1, 0.15) is 59.4 Å². The second kappa shape index (κ2) is 11.3. The lowest BCUT2D eigenvalue weighted by molar-refractivity contribution is -0.127. The molecule has 0 aliphatic heterocycles. The molecule has 6 nitrogen and oxygen atoms in total. The molecule has 7 heteroatoms. The van der Waals surface area contributed by atoms with Crippen molar-refractivity contribution in [2.45, 2.75) is 51.1 Å². The number of ether oxygens (including phenoxy) is 1. The molecule has 1 saturated carbocycles. The predicted molar refractivity (Wildman–Crippen MR) is 138 cm³/mol. The number of ketones is 1. The Balaban J connectivity index is 1.76. The highest BCUT2D eigenvalue weighted by Gasteiger charge is 2.34. The fourth-order valence-electron chi connectivity index (χ4n) is 4.50. The number of methoxy groups -OCH3 is 1. The number of carbonyl (C=O) groups excluding carboxylic acids is 3. The molecule has 1 fully saturated rings. The van der Waals surface area contributed by atoms with Gasteiger partial charge >= 0.3 is 0 Å². The summed E-state index contributed by atoms with van der Waals surface area (Å²) in [7, 11) is 1.59. The van der Waals surface area contributed by atoms with Crippen molar-refractivity contribution < 1.29 is 19.1 Å². The minimum Gasteiger partial charge on any atom is -0.497 e. The molecular weight excluding hydrogens is 460 g/mol. The lowest BCUT2D eigenvalue weighted by Gasteiger charge is -2.32. The van der Waals surface area contributed by atoms with E-state index in [2.05, 4.69) is 5.32 Å². The van der Waals surface area contributed by atoms with Crippen molar-refractivity contribution in [3.8, 4) is 5.75 Å². The van der Waals surface area contributed by atoms with Gasteiger partial charge in [-0.2, -0.15) is 0 Å². The number of nitrogens with zero attached hydrogens (tertiary/aromatic N) is 1. The van der Waals surface area contributed by atoms with Crippen LogP contribution in [-0.2, 0) is 16.0 Å². The third-order valence-electron chi connectivity index (χ3n) is 6.37. The van der Waals surface area contributed by atoms with Crippen molar-refractivity contribution in [1.82, 2.24) is 5.32 Å². The number of nitrogens with one attached hydrogen (secondary N) is 1. The van der Waals surface area contributed by atoms with Crippen molar-refractivity contribution in [2.24, 2.45) is 0 Å². The number of carbonyl (C=O) groups is 3. The van der Waals surface area contributed by atoms with Crippen molar-refractivity contribution in [3.63, 3.8) is 0 Å². The minimum absolute atomic E-state index is 0.0568. The number of benzene rings is 2. The first-order valence-corrected chi connectivity index (χ1v) is 12.7. The van der Waals surface area contributed by atoms with Crippen LogP contribution in [0.3, 0.4) is 0 Å². The highest BCUT2D eigenvalue weighted by Crippen LogP contribution is 2.31. The van der Waals surface area contributed by atoms with Crippen LogP contribution in [0.4, 0.5) is 5.69 Å². The van der Waals surface area contributed by atoms with Crippen LogP contribution < -0.4 is 15.0 Å². The molecular formula is C28H30N2O4S. The molecule has 1 aliphatic rings. The van der Waals surface area contributed by atoms with E-state index in [-0.39, 0.29) is 30.1 Å². The molecule has 2 amide bonds. The Labute approximate surface area is 209 Å². The van der Waals surface area contributed by atoms with Crippen LogP contribution in [0.5, 0.6) is 5.75 Å².